The van der Waals surface area contributed by atoms with Gasteiger partial charge in [-0.15, -0.1) is 11.3 Å². The van der Waals surface area contributed by atoms with Crippen molar-refractivity contribution in [2.45, 2.75) is 20.4 Å². The van der Waals surface area contributed by atoms with Gasteiger partial charge in [0.25, 0.3) is 0 Å². The molecule has 0 atom stereocenters. The van der Waals surface area contributed by atoms with E-state index in [2.05, 4.69) is 15.6 Å². The second kappa shape index (κ2) is 6.36. The van der Waals surface area contributed by atoms with Crippen molar-refractivity contribution < 1.29 is 14.7 Å². The highest BCUT2D eigenvalue weighted by Gasteiger charge is 2.12. The predicted octanol–water partition coefficient (Wildman–Crippen LogP) is 2.78. The number of rotatable bonds is 4. The van der Waals surface area contributed by atoms with E-state index in [1.54, 1.807) is 24.6 Å². The van der Waals surface area contributed by atoms with E-state index >= 15 is 0 Å². The number of aromatic nitrogens is 1. The number of nitrogens with one attached hydrogen (secondary N) is 2. The first-order valence-corrected chi connectivity index (χ1v) is 7.13. The van der Waals surface area contributed by atoms with E-state index in [-0.39, 0.29) is 11.6 Å². The lowest BCUT2D eigenvalue weighted by atomic mass is 10.1. The van der Waals surface area contributed by atoms with Crippen molar-refractivity contribution in [3.05, 3.63) is 45.4 Å². The van der Waals surface area contributed by atoms with Gasteiger partial charge in [-0.2, -0.15) is 0 Å². The number of nitrogens with zero attached hydrogens (tertiary/aromatic N) is 1. The van der Waals surface area contributed by atoms with Crippen molar-refractivity contribution in [2.24, 2.45) is 0 Å². The molecule has 2 aromatic rings. The summed E-state index contributed by atoms with van der Waals surface area (Å²) < 4.78 is 0. The van der Waals surface area contributed by atoms with Gasteiger partial charge in [-0.05, 0) is 31.5 Å². The first-order chi connectivity index (χ1) is 9.99. The Morgan fingerprint density at radius 3 is 2.71 bits per heavy atom. The second-order valence-corrected chi connectivity index (χ2v) is 5.39. The summed E-state index contributed by atoms with van der Waals surface area (Å²) in [7, 11) is 0. The molecule has 0 saturated carbocycles. The molecular weight excluding hydrogens is 290 g/mol. The predicted molar refractivity (Wildman–Crippen MR) is 80.8 cm³/mol. The number of carboxylic acid groups (broad SMARTS) is 1. The number of benzene rings is 1. The number of carbonyl (C=O) groups excluding carboxylic acids is 1. The topological polar surface area (TPSA) is 91.3 Å². The van der Waals surface area contributed by atoms with Gasteiger partial charge in [-0.3, -0.25) is 0 Å². The lowest BCUT2D eigenvalue weighted by Gasteiger charge is -2.11. The summed E-state index contributed by atoms with van der Waals surface area (Å²) in [6.45, 7) is 3.93. The van der Waals surface area contributed by atoms with Crippen LogP contribution in [0.5, 0.6) is 0 Å². The van der Waals surface area contributed by atoms with Crippen molar-refractivity contribution in [3.8, 4) is 0 Å². The molecule has 1 heterocycles. The molecule has 0 bridgehead atoms. The van der Waals surface area contributed by atoms with Crippen molar-refractivity contribution in [2.75, 3.05) is 5.32 Å². The average Bonchev–Trinajstić information content (AvgIpc) is 2.84. The fourth-order valence-electron chi connectivity index (χ4n) is 1.83. The van der Waals surface area contributed by atoms with Gasteiger partial charge in [0.05, 0.1) is 23.3 Å². The van der Waals surface area contributed by atoms with Crippen LogP contribution in [0.25, 0.3) is 0 Å². The molecule has 0 aliphatic carbocycles. The van der Waals surface area contributed by atoms with E-state index in [0.29, 0.717) is 17.8 Å². The van der Waals surface area contributed by atoms with E-state index in [1.807, 2.05) is 6.92 Å². The Hall–Kier alpha value is -2.41. The molecule has 7 heteroatoms. The van der Waals surface area contributed by atoms with Crippen LogP contribution in [-0.2, 0) is 6.54 Å². The van der Waals surface area contributed by atoms with Gasteiger partial charge in [0.15, 0.2) is 0 Å². The molecule has 110 valence electrons. The number of urea groups is 1. The molecule has 0 saturated heterocycles. The molecule has 0 aliphatic rings. The molecule has 1 aromatic heterocycles. The van der Waals surface area contributed by atoms with E-state index in [4.69, 9.17) is 5.11 Å². The van der Waals surface area contributed by atoms with Crippen LogP contribution in [0, 0.1) is 13.8 Å². The Kier molecular flexibility index (Phi) is 4.54. The summed E-state index contributed by atoms with van der Waals surface area (Å²) in [5, 5.41) is 14.4. The van der Waals surface area contributed by atoms with Gasteiger partial charge >= 0.3 is 12.0 Å². The quantitative estimate of drug-likeness (QED) is 0.810. The van der Waals surface area contributed by atoms with E-state index in [0.717, 1.165) is 10.6 Å². The number of anilines is 1. The summed E-state index contributed by atoms with van der Waals surface area (Å²) in [6, 6.07) is 4.38. The summed E-state index contributed by atoms with van der Waals surface area (Å²) in [5.41, 5.74) is 3.79. The fraction of sp³-hybridized carbons (Fsp3) is 0.214. The van der Waals surface area contributed by atoms with Crippen LogP contribution in [0.2, 0.25) is 0 Å². The van der Waals surface area contributed by atoms with Crippen LogP contribution in [-0.4, -0.2) is 22.1 Å². The Labute approximate surface area is 125 Å². The first kappa shape index (κ1) is 15.0. The van der Waals surface area contributed by atoms with Crippen LogP contribution >= 0.6 is 11.3 Å². The maximum absolute atomic E-state index is 11.9. The highest BCUT2D eigenvalue weighted by molar-refractivity contribution is 7.09. The Bertz CT molecular complexity index is 682. The molecule has 2 rings (SSSR count). The number of hydrogen-bond donors (Lipinski definition) is 3. The Balaban J connectivity index is 2.01. The first-order valence-electron chi connectivity index (χ1n) is 6.25. The summed E-state index contributed by atoms with van der Waals surface area (Å²) in [5.74, 6) is -1.02. The van der Waals surface area contributed by atoms with Crippen LogP contribution in [0.1, 0.15) is 26.5 Å². The van der Waals surface area contributed by atoms with Crippen molar-refractivity contribution in [3.63, 3.8) is 0 Å². The molecule has 0 aliphatic heterocycles. The summed E-state index contributed by atoms with van der Waals surface area (Å²) in [4.78, 5) is 28.0. The highest BCUT2D eigenvalue weighted by Crippen LogP contribution is 2.19. The smallest absolute Gasteiger partial charge is 0.336 e. The number of aromatic carboxylic acids is 1. The highest BCUT2D eigenvalue weighted by atomic mass is 32.1. The molecule has 0 unspecified atom stereocenters. The SMILES string of the molecule is Cc1ncsc1CNC(=O)Nc1cccc(C(=O)O)c1C. The molecule has 0 spiro atoms. The van der Waals surface area contributed by atoms with Gasteiger partial charge < -0.3 is 15.7 Å². The largest absolute Gasteiger partial charge is 0.478 e. The number of carboxylic acids is 1. The molecule has 0 fully saturated rings. The Morgan fingerprint density at radius 1 is 1.33 bits per heavy atom. The van der Waals surface area contributed by atoms with Crippen LogP contribution in [0.4, 0.5) is 10.5 Å². The summed E-state index contributed by atoms with van der Waals surface area (Å²) >= 11 is 1.48. The third kappa shape index (κ3) is 3.57. The maximum atomic E-state index is 11.9. The summed E-state index contributed by atoms with van der Waals surface area (Å²) in [6.07, 6.45) is 0. The molecule has 6 nitrogen and oxygen atoms in total. The van der Waals surface area contributed by atoms with Gasteiger partial charge in [-0.25, -0.2) is 14.6 Å². The van der Waals surface area contributed by atoms with E-state index < -0.39 is 5.97 Å². The zero-order valence-electron chi connectivity index (χ0n) is 11.6. The monoisotopic (exact) mass is 305 g/mol. The van der Waals surface area contributed by atoms with Gasteiger partial charge in [0.1, 0.15) is 0 Å². The number of amides is 2. The zero-order valence-corrected chi connectivity index (χ0v) is 12.5. The van der Waals surface area contributed by atoms with Crippen LogP contribution in [0.3, 0.4) is 0 Å². The van der Waals surface area contributed by atoms with Crippen molar-refractivity contribution >= 4 is 29.0 Å². The third-order valence-electron chi connectivity index (χ3n) is 3.07. The molecule has 2 amide bonds. The molecular formula is C14H15N3O3S. The molecule has 1 aromatic carbocycles. The number of thiazole rings is 1. The van der Waals surface area contributed by atoms with Crippen molar-refractivity contribution in [1.82, 2.24) is 10.3 Å². The lowest BCUT2D eigenvalue weighted by Crippen LogP contribution is -2.28. The standard InChI is InChI=1S/C14H15N3O3S/c1-8-10(13(18)19)4-3-5-11(8)17-14(20)15-6-12-9(2)16-7-21-12/h3-5,7H,6H2,1-2H3,(H,18,19)(H2,15,17,20). The average molecular weight is 305 g/mol. The minimum Gasteiger partial charge on any atom is -0.478 e. The number of hydrogen-bond acceptors (Lipinski definition) is 4. The zero-order chi connectivity index (χ0) is 15.4. The number of carbonyl (C=O) groups is 2. The molecule has 0 radical (unpaired) electrons. The fourth-order valence-corrected chi connectivity index (χ4v) is 2.54. The minimum absolute atomic E-state index is 0.172. The second-order valence-electron chi connectivity index (χ2n) is 4.45. The molecule has 3 N–H and O–H groups in total. The minimum atomic E-state index is -1.02. The number of aryl methyl sites for hydroxylation is 1. The maximum Gasteiger partial charge on any atom is 0.336 e. The van der Waals surface area contributed by atoms with E-state index in [1.165, 1.54) is 17.4 Å². The van der Waals surface area contributed by atoms with Crippen molar-refractivity contribution in [1.29, 1.82) is 0 Å². The Morgan fingerprint density at radius 2 is 2.10 bits per heavy atom. The third-order valence-corrected chi connectivity index (χ3v) is 4.00. The lowest BCUT2D eigenvalue weighted by molar-refractivity contribution is 0.0696. The van der Waals surface area contributed by atoms with Crippen LogP contribution in [0.15, 0.2) is 23.7 Å². The molecule has 21 heavy (non-hydrogen) atoms. The normalized spacial score (nSPS) is 10.2. The van der Waals surface area contributed by atoms with E-state index in [9.17, 15) is 9.59 Å². The van der Waals surface area contributed by atoms with Gasteiger partial charge in [-0.1, -0.05) is 6.07 Å². The van der Waals surface area contributed by atoms with Gasteiger partial charge in [0, 0.05) is 10.6 Å². The van der Waals surface area contributed by atoms with Crippen LogP contribution < -0.4 is 10.6 Å². The van der Waals surface area contributed by atoms with Gasteiger partial charge in [0.2, 0.25) is 0 Å².